The molecule has 1 aliphatic carbocycles. The van der Waals surface area contributed by atoms with Gasteiger partial charge in [0.25, 0.3) is 0 Å². The molecule has 3 heteroatoms. The van der Waals surface area contributed by atoms with E-state index in [9.17, 15) is 4.79 Å². The molecule has 1 unspecified atom stereocenters. The Bertz CT molecular complexity index is 312. The Morgan fingerprint density at radius 1 is 1.69 bits per heavy atom. The Morgan fingerprint density at radius 2 is 2.38 bits per heavy atom. The van der Waals surface area contributed by atoms with Crippen molar-refractivity contribution in [1.82, 2.24) is 0 Å². The van der Waals surface area contributed by atoms with Crippen LogP contribution >= 0.6 is 11.3 Å². The van der Waals surface area contributed by atoms with Crippen molar-refractivity contribution in [3.63, 3.8) is 0 Å². The normalized spacial score (nSPS) is 21.1. The van der Waals surface area contributed by atoms with E-state index in [1.54, 1.807) is 0 Å². The molecule has 0 radical (unpaired) electrons. The molecule has 0 aliphatic heterocycles. The van der Waals surface area contributed by atoms with Gasteiger partial charge in [-0.15, -0.1) is 11.3 Å². The van der Waals surface area contributed by atoms with E-state index in [1.165, 1.54) is 11.3 Å². The lowest BCUT2D eigenvalue weighted by atomic mass is 9.91. The molecule has 1 saturated carbocycles. The van der Waals surface area contributed by atoms with Crippen LogP contribution in [0, 0.1) is 5.92 Å². The van der Waals surface area contributed by atoms with Gasteiger partial charge in [0, 0.05) is 0 Å². The van der Waals surface area contributed by atoms with E-state index in [-0.39, 0.29) is 5.78 Å². The van der Waals surface area contributed by atoms with E-state index in [0.29, 0.717) is 5.92 Å². The molecule has 1 aliphatic rings. The van der Waals surface area contributed by atoms with Gasteiger partial charge in [-0.3, -0.25) is 4.79 Å². The molecule has 70 valence electrons. The Labute approximate surface area is 81.8 Å². The van der Waals surface area contributed by atoms with Gasteiger partial charge >= 0.3 is 0 Å². The fourth-order valence-corrected chi connectivity index (χ4v) is 2.33. The topological polar surface area (TPSA) is 43.1 Å². The largest absolute Gasteiger partial charge is 0.319 e. The highest BCUT2D eigenvalue weighted by Crippen LogP contribution is 2.40. The SMILES string of the molecule is CC(N)(C(=O)c1cccs1)C1CC1. The summed E-state index contributed by atoms with van der Waals surface area (Å²) in [6.07, 6.45) is 2.20. The van der Waals surface area contributed by atoms with Crippen LogP contribution in [0.15, 0.2) is 17.5 Å². The molecule has 1 atom stereocenters. The number of hydrogen-bond acceptors (Lipinski definition) is 3. The first-order valence-corrected chi connectivity index (χ1v) is 5.37. The van der Waals surface area contributed by atoms with Crippen molar-refractivity contribution < 1.29 is 4.79 Å². The molecular formula is C10H13NOS. The second-order valence-corrected chi connectivity index (χ2v) is 4.81. The lowest BCUT2D eigenvalue weighted by Crippen LogP contribution is -2.46. The van der Waals surface area contributed by atoms with E-state index in [4.69, 9.17) is 5.73 Å². The third-order valence-electron chi connectivity index (χ3n) is 2.66. The van der Waals surface area contributed by atoms with Crippen LogP contribution in [0.4, 0.5) is 0 Å². The molecule has 1 aromatic heterocycles. The Balaban J connectivity index is 2.21. The van der Waals surface area contributed by atoms with Crippen LogP contribution in [-0.4, -0.2) is 11.3 Å². The van der Waals surface area contributed by atoms with Gasteiger partial charge in [0.1, 0.15) is 0 Å². The minimum Gasteiger partial charge on any atom is -0.319 e. The summed E-state index contributed by atoms with van der Waals surface area (Å²) in [5.41, 5.74) is 5.38. The van der Waals surface area contributed by atoms with Crippen molar-refractivity contribution in [1.29, 1.82) is 0 Å². The third-order valence-corrected chi connectivity index (χ3v) is 3.53. The summed E-state index contributed by atoms with van der Waals surface area (Å²) in [6, 6.07) is 3.74. The van der Waals surface area contributed by atoms with Crippen molar-refractivity contribution >= 4 is 17.1 Å². The van der Waals surface area contributed by atoms with E-state index >= 15 is 0 Å². The van der Waals surface area contributed by atoms with E-state index in [1.807, 2.05) is 24.4 Å². The molecule has 0 spiro atoms. The van der Waals surface area contributed by atoms with Gasteiger partial charge in [0.05, 0.1) is 10.4 Å². The molecule has 2 rings (SSSR count). The van der Waals surface area contributed by atoms with Crippen LogP contribution in [0.3, 0.4) is 0 Å². The molecule has 0 saturated heterocycles. The maximum absolute atomic E-state index is 11.9. The van der Waals surface area contributed by atoms with Gasteiger partial charge < -0.3 is 5.73 Å². The summed E-state index contributed by atoms with van der Waals surface area (Å²) in [7, 11) is 0. The summed E-state index contributed by atoms with van der Waals surface area (Å²) < 4.78 is 0. The van der Waals surface area contributed by atoms with Crippen LogP contribution in [-0.2, 0) is 0 Å². The monoisotopic (exact) mass is 195 g/mol. The highest BCUT2D eigenvalue weighted by molar-refractivity contribution is 7.12. The summed E-state index contributed by atoms with van der Waals surface area (Å²) in [5.74, 6) is 0.507. The molecule has 0 aromatic carbocycles. The van der Waals surface area contributed by atoms with E-state index in [0.717, 1.165) is 17.7 Å². The van der Waals surface area contributed by atoms with Gasteiger partial charge in [0.15, 0.2) is 5.78 Å². The van der Waals surface area contributed by atoms with Crippen molar-refractivity contribution in [2.75, 3.05) is 0 Å². The minimum atomic E-state index is -0.634. The molecule has 0 bridgehead atoms. The fraction of sp³-hybridized carbons (Fsp3) is 0.500. The third kappa shape index (κ3) is 1.54. The minimum absolute atomic E-state index is 0.102. The van der Waals surface area contributed by atoms with E-state index < -0.39 is 5.54 Å². The second kappa shape index (κ2) is 2.93. The van der Waals surface area contributed by atoms with Gasteiger partial charge in [0.2, 0.25) is 0 Å². The molecule has 13 heavy (non-hydrogen) atoms. The van der Waals surface area contributed by atoms with Gasteiger partial charge in [-0.05, 0) is 37.1 Å². The maximum Gasteiger partial charge on any atom is 0.192 e. The van der Waals surface area contributed by atoms with Crippen LogP contribution in [0.1, 0.15) is 29.4 Å². The van der Waals surface area contributed by atoms with Gasteiger partial charge in [-0.2, -0.15) is 0 Å². The fourth-order valence-electron chi connectivity index (χ4n) is 1.54. The number of carbonyl (C=O) groups is 1. The smallest absolute Gasteiger partial charge is 0.192 e. The Morgan fingerprint density at radius 3 is 2.85 bits per heavy atom. The van der Waals surface area contributed by atoms with Crippen LogP contribution in [0.2, 0.25) is 0 Å². The summed E-state index contributed by atoms with van der Waals surface area (Å²) in [5, 5.41) is 1.91. The zero-order chi connectivity index (χ0) is 9.47. The molecular weight excluding hydrogens is 182 g/mol. The number of Topliss-reactive ketones (excluding diaryl/α,β-unsaturated/α-hetero) is 1. The highest BCUT2D eigenvalue weighted by Gasteiger charge is 2.44. The van der Waals surface area contributed by atoms with Gasteiger partial charge in [-0.1, -0.05) is 6.07 Å². The predicted molar refractivity (Wildman–Crippen MR) is 54.0 cm³/mol. The number of hydrogen-bond donors (Lipinski definition) is 1. The number of rotatable bonds is 3. The first-order valence-electron chi connectivity index (χ1n) is 4.49. The van der Waals surface area contributed by atoms with E-state index in [2.05, 4.69) is 0 Å². The molecule has 1 fully saturated rings. The van der Waals surface area contributed by atoms with Crippen LogP contribution in [0.5, 0.6) is 0 Å². The lowest BCUT2D eigenvalue weighted by Gasteiger charge is -2.21. The van der Waals surface area contributed by atoms with Crippen molar-refractivity contribution in [3.05, 3.63) is 22.4 Å². The zero-order valence-corrected chi connectivity index (χ0v) is 8.43. The average molecular weight is 195 g/mol. The number of nitrogens with two attached hydrogens (primary N) is 1. The molecule has 0 amide bonds. The molecule has 1 heterocycles. The zero-order valence-electron chi connectivity index (χ0n) is 7.62. The molecule has 2 N–H and O–H groups in total. The Kier molecular flexibility index (Phi) is 2.00. The van der Waals surface area contributed by atoms with Gasteiger partial charge in [-0.25, -0.2) is 0 Å². The van der Waals surface area contributed by atoms with Crippen molar-refractivity contribution in [2.45, 2.75) is 25.3 Å². The average Bonchev–Trinajstić information content (AvgIpc) is 2.82. The number of ketones is 1. The lowest BCUT2D eigenvalue weighted by molar-refractivity contribution is 0.0887. The van der Waals surface area contributed by atoms with Crippen LogP contribution in [0.25, 0.3) is 0 Å². The maximum atomic E-state index is 11.9. The second-order valence-electron chi connectivity index (χ2n) is 3.86. The van der Waals surface area contributed by atoms with Crippen LogP contribution < -0.4 is 5.73 Å². The number of thiophene rings is 1. The first-order chi connectivity index (χ1) is 6.12. The molecule has 1 aromatic rings. The number of carbonyl (C=O) groups excluding carboxylic acids is 1. The summed E-state index contributed by atoms with van der Waals surface area (Å²) in [6.45, 7) is 1.85. The van der Waals surface area contributed by atoms with Crippen molar-refractivity contribution in [3.8, 4) is 0 Å². The molecule has 2 nitrogen and oxygen atoms in total. The standard InChI is InChI=1S/C10H13NOS/c1-10(11,7-4-5-7)9(12)8-3-2-6-13-8/h2-3,6-7H,4-5,11H2,1H3. The first kappa shape index (κ1) is 8.91. The quantitative estimate of drug-likeness (QED) is 0.750. The Hall–Kier alpha value is -0.670. The highest BCUT2D eigenvalue weighted by atomic mass is 32.1. The van der Waals surface area contributed by atoms with Crippen molar-refractivity contribution in [2.24, 2.45) is 11.7 Å². The predicted octanol–water partition coefficient (Wildman–Crippen LogP) is 2.06. The summed E-state index contributed by atoms with van der Waals surface area (Å²) in [4.78, 5) is 12.7. The summed E-state index contributed by atoms with van der Waals surface area (Å²) >= 11 is 1.47.